The van der Waals surface area contributed by atoms with Crippen molar-refractivity contribution in [2.45, 2.75) is 26.3 Å². The van der Waals surface area contributed by atoms with Crippen molar-refractivity contribution in [2.24, 2.45) is 0 Å². The molecule has 0 saturated heterocycles. The van der Waals surface area contributed by atoms with E-state index in [0.29, 0.717) is 19.8 Å². The molecule has 1 atom stereocenters. The zero-order valence-electron chi connectivity index (χ0n) is 16.7. The largest absolute Gasteiger partial charge is 0.486 e. The van der Waals surface area contributed by atoms with Gasteiger partial charge in [-0.3, -0.25) is 9.59 Å². The van der Waals surface area contributed by atoms with Gasteiger partial charge in [-0.1, -0.05) is 6.07 Å². The quantitative estimate of drug-likeness (QED) is 0.814. The van der Waals surface area contributed by atoms with Crippen LogP contribution in [-0.2, 0) is 16.0 Å². The van der Waals surface area contributed by atoms with Gasteiger partial charge in [0.05, 0.1) is 6.54 Å². The maximum absolute atomic E-state index is 12.4. The van der Waals surface area contributed by atoms with Crippen molar-refractivity contribution in [3.63, 3.8) is 0 Å². The van der Waals surface area contributed by atoms with Gasteiger partial charge in [0.2, 0.25) is 11.8 Å². The summed E-state index contributed by atoms with van der Waals surface area (Å²) in [6.45, 7) is 5.56. The molecular formula is C22H25N3O4. The number of nitrogens with one attached hydrogen (secondary N) is 2. The first-order chi connectivity index (χ1) is 14.0. The Balaban J connectivity index is 1.33. The Morgan fingerprint density at radius 2 is 1.90 bits per heavy atom. The summed E-state index contributed by atoms with van der Waals surface area (Å²) in [6, 6.07) is 11.5. The van der Waals surface area contributed by atoms with Gasteiger partial charge in [0.15, 0.2) is 11.5 Å². The number of carbonyl (C=O) groups excluding carboxylic acids is 2. The summed E-state index contributed by atoms with van der Waals surface area (Å²) >= 11 is 0. The third kappa shape index (κ3) is 4.19. The number of hydrogen-bond acceptors (Lipinski definition) is 5. The van der Waals surface area contributed by atoms with E-state index in [0.717, 1.165) is 40.4 Å². The van der Waals surface area contributed by atoms with Crippen molar-refractivity contribution in [1.82, 2.24) is 5.32 Å². The van der Waals surface area contributed by atoms with Crippen molar-refractivity contribution in [3.8, 4) is 11.5 Å². The van der Waals surface area contributed by atoms with Gasteiger partial charge in [-0.2, -0.15) is 0 Å². The predicted octanol–water partition coefficient (Wildman–Crippen LogP) is 2.66. The summed E-state index contributed by atoms with van der Waals surface area (Å²) < 4.78 is 11.2. The minimum Gasteiger partial charge on any atom is -0.486 e. The van der Waals surface area contributed by atoms with E-state index in [9.17, 15) is 9.59 Å². The van der Waals surface area contributed by atoms with Crippen LogP contribution >= 0.6 is 0 Å². The molecule has 2 aliphatic rings. The van der Waals surface area contributed by atoms with Gasteiger partial charge in [-0.15, -0.1) is 0 Å². The maximum atomic E-state index is 12.4. The van der Waals surface area contributed by atoms with Crippen LogP contribution in [0.1, 0.15) is 31.0 Å². The molecule has 2 aromatic rings. The van der Waals surface area contributed by atoms with E-state index in [2.05, 4.69) is 10.6 Å². The molecule has 7 heteroatoms. The molecule has 0 fully saturated rings. The summed E-state index contributed by atoms with van der Waals surface area (Å²) in [7, 11) is 0. The lowest BCUT2D eigenvalue weighted by Crippen LogP contribution is -2.30. The second-order valence-electron chi connectivity index (χ2n) is 7.32. The number of ether oxygens (including phenoxy) is 2. The van der Waals surface area contributed by atoms with Gasteiger partial charge in [-0.25, -0.2) is 0 Å². The van der Waals surface area contributed by atoms with Crippen LogP contribution in [0.25, 0.3) is 0 Å². The highest BCUT2D eigenvalue weighted by molar-refractivity contribution is 5.96. The Kier molecular flexibility index (Phi) is 5.40. The number of benzene rings is 2. The fraction of sp³-hybridized carbons (Fsp3) is 0.364. The SMILES string of the molecule is CC(=O)N1CCc2cc(NC(=O)CN[C@H](C)c3ccc4c(c3)OCCO4)ccc21. The van der Waals surface area contributed by atoms with Crippen molar-refractivity contribution in [2.75, 3.05) is 36.5 Å². The Hall–Kier alpha value is -3.06. The number of anilines is 2. The first-order valence-electron chi connectivity index (χ1n) is 9.85. The van der Waals surface area contributed by atoms with Crippen LogP contribution < -0.4 is 25.0 Å². The molecule has 0 radical (unpaired) electrons. The Morgan fingerprint density at radius 3 is 2.69 bits per heavy atom. The van der Waals surface area contributed by atoms with Crippen LogP contribution in [0.5, 0.6) is 11.5 Å². The molecule has 2 heterocycles. The molecule has 0 bridgehead atoms. The van der Waals surface area contributed by atoms with Gasteiger partial charge < -0.3 is 25.0 Å². The molecule has 4 rings (SSSR count). The number of amides is 2. The second kappa shape index (κ2) is 8.13. The van der Waals surface area contributed by atoms with Crippen molar-refractivity contribution >= 4 is 23.2 Å². The van der Waals surface area contributed by atoms with E-state index >= 15 is 0 Å². The predicted molar refractivity (Wildman–Crippen MR) is 111 cm³/mol. The topological polar surface area (TPSA) is 79.9 Å². The molecule has 2 aromatic carbocycles. The molecular weight excluding hydrogens is 370 g/mol. The van der Waals surface area contributed by atoms with Crippen LogP contribution in [-0.4, -0.2) is 38.1 Å². The Labute approximate surface area is 170 Å². The fourth-order valence-corrected chi connectivity index (χ4v) is 3.70. The molecule has 0 aliphatic carbocycles. The second-order valence-corrected chi connectivity index (χ2v) is 7.32. The number of fused-ring (bicyclic) bond motifs is 2. The fourth-order valence-electron chi connectivity index (χ4n) is 3.70. The summed E-state index contributed by atoms with van der Waals surface area (Å²) in [4.78, 5) is 25.8. The standard InChI is InChI=1S/C22H25N3O4/c1-14(16-3-6-20-21(12-16)29-10-9-28-20)23-13-22(27)24-18-4-5-19-17(11-18)7-8-25(19)15(2)26/h3-6,11-12,14,23H,7-10,13H2,1-2H3,(H,24,27)/t14-/m1/s1. The number of rotatable bonds is 5. The lowest BCUT2D eigenvalue weighted by molar-refractivity contribution is -0.116. The first-order valence-corrected chi connectivity index (χ1v) is 9.85. The van der Waals surface area contributed by atoms with E-state index in [1.165, 1.54) is 0 Å². The minimum absolute atomic E-state index is 0.0132. The molecule has 152 valence electrons. The van der Waals surface area contributed by atoms with Gasteiger partial charge in [-0.05, 0) is 54.8 Å². The van der Waals surface area contributed by atoms with Gasteiger partial charge in [0.25, 0.3) is 0 Å². The smallest absolute Gasteiger partial charge is 0.238 e. The third-order valence-corrected chi connectivity index (χ3v) is 5.27. The van der Waals surface area contributed by atoms with E-state index in [4.69, 9.17) is 9.47 Å². The Bertz CT molecular complexity index is 944. The summed E-state index contributed by atoms with van der Waals surface area (Å²) in [5.74, 6) is 1.42. The van der Waals surface area contributed by atoms with E-state index < -0.39 is 0 Å². The average molecular weight is 395 g/mol. The molecule has 0 saturated carbocycles. The van der Waals surface area contributed by atoms with Crippen LogP contribution in [0.3, 0.4) is 0 Å². The molecule has 0 aromatic heterocycles. The van der Waals surface area contributed by atoms with Gasteiger partial charge >= 0.3 is 0 Å². The highest BCUT2D eigenvalue weighted by Gasteiger charge is 2.22. The minimum atomic E-state index is -0.115. The van der Waals surface area contributed by atoms with Gasteiger partial charge in [0, 0.05) is 30.9 Å². The summed E-state index contributed by atoms with van der Waals surface area (Å²) in [5.41, 5.74) is 3.79. The van der Waals surface area contributed by atoms with Crippen LogP contribution in [0.15, 0.2) is 36.4 Å². The molecule has 2 aliphatic heterocycles. The molecule has 0 unspecified atom stereocenters. The zero-order chi connectivity index (χ0) is 20.4. The number of nitrogens with zero attached hydrogens (tertiary/aromatic N) is 1. The highest BCUT2D eigenvalue weighted by Crippen LogP contribution is 2.33. The van der Waals surface area contributed by atoms with Crippen molar-refractivity contribution < 1.29 is 19.1 Å². The number of carbonyl (C=O) groups is 2. The van der Waals surface area contributed by atoms with Gasteiger partial charge in [0.1, 0.15) is 13.2 Å². The normalized spacial score (nSPS) is 15.6. The molecule has 29 heavy (non-hydrogen) atoms. The van der Waals surface area contributed by atoms with Crippen molar-refractivity contribution in [3.05, 3.63) is 47.5 Å². The van der Waals surface area contributed by atoms with Crippen molar-refractivity contribution in [1.29, 1.82) is 0 Å². The molecule has 2 N–H and O–H groups in total. The monoisotopic (exact) mass is 395 g/mol. The van der Waals surface area contributed by atoms with E-state index in [1.807, 2.05) is 43.3 Å². The Morgan fingerprint density at radius 1 is 1.10 bits per heavy atom. The van der Waals surface area contributed by atoms with Crippen LogP contribution in [0.4, 0.5) is 11.4 Å². The van der Waals surface area contributed by atoms with Crippen LogP contribution in [0.2, 0.25) is 0 Å². The lowest BCUT2D eigenvalue weighted by atomic mass is 10.1. The summed E-state index contributed by atoms with van der Waals surface area (Å²) in [5, 5.41) is 6.16. The van der Waals surface area contributed by atoms with E-state index in [1.54, 1.807) is 11.8 Å². The number of hydrogen-bond donors (Lipinski definition) is 2. The lowest BCUT2D eigenvalue weighted by Gasteiger charge is -2.21. The van der Waals surface area contributed by atoms with Crippen LogP contribution in [0, 0.1) is 0 Å². The highest BCUT2D eigenvalue weighted by atomic mass is 16.6. The first kappa shape index (κ1) is 19.3. The van der Waals surface area contributed by atoms with E-state index in [-0.39, 0.29) is 24.4 Å². The molecule has 7 nitrogen and oxygen atoms in total. The molecule has 0 spiro atoms. The third-order valence-electron chi connectivity index (χ3n) is 5.27. The zero-order valence-corrected chi connectivity index (χ0v) is 16.7. The summed E-state index contributed by atoms with van der Waals surface area (Å²) in [6.07, 6.45) is 0.804. The maximum Gasteiger partial charge on any atom is 0.238 e. The molecule has 2 amide bonds. The average Bonchev–Trinajstić information content (AvgIpc) is 3.15.